The Balaban J connectivity index is 1.93. The number of benzene rings is 2. The van der Waals surface area contributed by atoms with E-state index in [1.165, 1.54) is 38.5 Å². The maximum atomic E-state index is 11.7. The number of methoxy groups -OCH3 is 2. The molecule has 178 valence electrons. The minimum Gasteiger partial charge on any atom is -0.507 e. The van der Waals surface area contributed by atoms with Crippen LogP contribution >= 0.6 is 0 Å². The van der Waals surface area contributed by atoms with Gasteiger partial charge in [0.15, 0.2) is 0 Å². The van der Waals surface area contributed by atoms with Gasteiger partial charge in [-0.1, -0.05) is 20.8 Å². The van der Waals surface area contributed by atoms with Crippen molar-refractivity contribution >= 4 is 35.2 Å². The Morgan fingerprint density at radius 3 is 1.50 bits per heavy atom. The fraction of sp³-hybridized carbons (Fsp3) is 0.261. The van der Waals surface area contributed by atoms with Crippen LogP contribution < -0.4 is 10.6 Å². The Morgan fingerprint density at radius 2 is 1.18 bits per heavy atom. The average molecular weight is 467 g/mol. The van der Waals surface area contributed by atoms with Gasteiger partial charge in [0.25, 0.3) is 0 Å². The quantitative estimate of drug-likeness (QED) is 0.392. The Bertz CT molecular complexity index is 1150. The molecule has 0 radical (unpaired) electrons. The SMILES string of the molecule is COC(=O)c1ccc(Nc2nc(Nc3ccc(C(=O)OC)c(O)c3)nc(C(C)(C)C)n2)cc1O. The number of hydrogen-bond acceptors (Lipinski definition) is 11. The van der Waals surface area contributed by atoms with Crippen LogP contribution in [0.5, 0.6) is 11.5 Å². The second-order valence-electron chi connectivity index (χ2n) is 8.25. The zero-order valence-electron chi connectivity index (χ0n) is 19.3. The molecule has 0 amide bonds. The third-order valence-corrected chi connectivity index (χ3v) is 4.62. The number of nitrogens with zero attached hydrogens (tertiary/aromatic N) is 3. The summed E-state index contributed by atoms with van der Waals surface area (Å²) in [7, 11) is 2.45. The number of ether oxygens (including phenoxy) is 2. The highest BCUT2D eigenvalue weighted by molar-refractivity contribution is 5.93. The van der Waals surface area contributed by atoms with E-state index in [0.717, 1.165) is 0 Å². The van der Waals surface area contributed by atoms with Gasteiger partial charge in [-0.3, -0.25) is 0 Å². The molecule has 2 aromatic carbocycles. The Morgan fingerprint density at radius 1 is 0.765 bits per heavy atom. The van der Waals surface area contributed by atoms with Gasteiger partial charge in [-0.05, 0) is 24.3 Å². The zero-order chi connectivity index (χ0) is 25.0. The summed E-state index contributed by atoms with van der Waals surface area (Å²) in [6, 6.07) is 8.68. The Hall–Kier alpha value is -4.41. The molecule has 0 bridgehead atoms. The molecule has 0 aliphatic carbocycles. The highest BCUT2D eigenvalue weighted by atomic mass is 16.5. The number of nitrogens with one attached hydrogen (secondary N) is 2. The van der Waals surface area contributed by atoms with Crippen LogP contribution in [0.3, 0.4) is 0 Å². The average Bonchev–Trinajstić information content (AvgIpc) is 2.77. The lowest BCUT2D eigenvalue weighted by Gasteiger charge is -2.19. The van der Waals surface area contributed by atoms with Crippen LogP contribution in [-0.4, -0.2) is 51.3 Å². The monoisotopic (exact) mass is 467 g/mol. The maximum absolute atomic E-state index is 11.7. The minimum atomic E-state index is -0.660. The molecule has 0 unspecified atom stereocenters. The van der Waals surface area contributed by atoms with Crippen molar-refractivity contribution in [2.75, 3.05) is 24.9 Å². The molecule has 1 aromatic heterocycles. The summed E-state index contributed by atoms with van der Waals surface area (Å²) in [5, 5.41) is 26.3. The number of esters is 2. The van der Waals surface area contributed by atoms with E-state index in [1.54, 1.807) is 12.1 Å². The van der Waals surface area contributed by atoms with Crippen LogP contribution in [0.25, 0.3) is 0 Å². The number of anilines is 4. The van der Waals surface area contributed by atoms with E-state index >= 15 is 0 Å². The molecule has 11 nitrogen and oxygen atoms in total. The molecule has 1 heterocycles. The third kappa shape index (κ3) is 5.49. The molecule has 11 heteroatoms. The molecule has 0 aliphatic heterocycles. The fourth-order valence-electron chi connectivity index (χ4n) is 2.87. The molecule has 34 heavy (non-hydrogen) atoms. The molecule has 0 atom stereocenters. The van der Waals surface area contributed by atoms with Crippen molar-refractivity contribution in [3.05, 3.63) is 53.3 Å². The number of aromatic nitrogens is 3. The lowest BCUT2D eigenvalue weighted by molar-refractivity contribution is 0.0588. The van der Waals surface area contributed by atoms with Crippen LogP contribution in [0.1, 0.15) is 47.3 Å². The zero-order valence-corrected chi connectivity index (χ0v) is 19.3. The summed E-state index contributed by atoms with van der Waals surface area (Å²) >= 11 is 0. The first-order chi connectivity index (χ1) is 16.0. The summed E-state index contributed by atoms with van der Waals surface area (Å²) in [6.45, 7) is 5.80. The predicted octanol–water partition coefficient (Wildman–Crippen LogP) is 3.64. The standard InChI is InChI=1S/C23H25N5O6/c1-23(2,3)20-26-21(24-12-6-8-14(16(29)10-12)18(31)33-4)28-22(27-20)25-13-7-9-15(17(30)11-13)19(32)34-5/h6-11,29-30H,1-5H3,(H2,24,25,26,27,28). The molecule has 0 aliphatic rings. The number of carbonyl (C=O) groups is 2. The molecule has 4 N–H and O–H groups in total. The lowest BCUT2D eigenvalue weighted by Crippen LogP contribution is -2.19. The predicted molar refractivity (Wildman–Crippen MR) is 124 cm³/mol. The van der Waals surface area contributed by atoms with Crippen molar-refractivity contribution in [2.24, 2.45) is 0 Å². The largest absolute Gasteiger partial charge is 0.507 e. The molecule has 3 aromatic rings. The van der Waals surface area contributed by atoms with Gasteiger partial charge in [-0.25, -0.2) is 9.59 Å². The van der Waals surface area contributed by atoms with Crippen LogP contribution in [0.15, 0.2) is 36.4 Å². The second kappa shape index (κ2) is 9.61. The van der Waals surface area contributed by atoms with E-state index in [-0.39, 0.29) is 34.5 Å². The summed E-state index contributed by atoms with van der Waals surface area (Å²) in [5.74, 6) is -1.01. The van der Waals surface area contributed by atoms with Gasteiger partial charge in [0.2, 0.25) is 11.9 Å². The van der Waals surface area contributed by atoms with Gasteiger partial charge >= 0.3 is 11.9 Å². The highest BCUT2D eigenvalue weighted by Crippen LogP contribution is 2.28. The van der Waals surface area contributed by atoms with Crippen LogP contribution in [0.2, 0.25) is 0 Å². The molecule has 0 saturated carbocycles. The number of carbonyl (C=O) groups excluding carboxylic acids is 2. The van der Waals surface area contributed by atoms with E-state index in [4.69, 9.17) is 0 Å². The lowest BCUT2D eigenvalue weighted by atomic mass is 9.96. The first-order valence-electron chi connectivity index (χ1n) is 10.1. The summed E-state index contributed by atoms with van der Waals surface area (Å²) in [4.78, 5) is 36.6. The fourth-order valence-corrected chi connectivity index (χ4v) is 2.87. The first-order valence-corrected chi connectivity index (χ1v) is 10.1. The number of rotatable bonds is 6. The van der Waals surface area contributed by atoms with Gasteiger partial charge in [-0.15, -0.1) is 0 Å². The van der Waals surface area contributed by atoms with Gasteiger partial charge in [0.1, 0.15) is 28.5 Å². The smallest absolute Gasteiger partial charge is 0.341 e. The van der Waals surface area contributed by atoms with Crippen molar-refractivity contribution in [1.82, 2.24) is 15.0 Å². The van der Waals surface area contributed by atoms with E-state index in [2.05, 4.69) is 35.1 Å². The van der Waals surface area contributed by atoms with Crippen molar-refractivity contribution in [3.8, 4) is 11.5 Å². The van der Waals surface area contributed by atoms with Crippen LogP contribution in [-0.2, 0) is 14.9 Å². The van der Waals surface area contributed by atoms with E-state index in [0.29, 0.717) is 17.2 Å². The normalized spacial score (nSPS) is 11.0. The van der Waals surface area contributed by atoms with Gasteiger partial charge in [0, 0.05) is 28.9 Å². The Kier molecular flexibility index (Phi) is 6.85. The minimum absolute atomic E-state index is 0.0247. The molecule has 0 saturated heterocycles. The topological polar surface area (TPSA) is 156 Å². The number of hydrogen-bond donors (Lipinski definition) is 4. The van der Waals surface area contributed by atoms with E-state index < -0.39 is 17.4 Å². The molecule has 0 fully saturated rings. The number of phenolic OH excluding ortho intramolecular Hbond substituents is 2. The summed E-state index contributed by atoms with van der Waals surface area (Å²) < 4.78 is 9.26. The summed E-state index contributed by atoms with van der Waals surface area (Å²) in [6.07, 6.45) is 0. The molecule has 0 spiro atoms. The number of aromatic hydroxyl groups is 2. The van der Waals surface area contributed by atoms with E-state index in [9.17, 15) is 19.8 Å². The van der Waals surface area contributed by atoms with Crippen LogP contribution in [0.4, 0.5) is 23.3 Å². The van der Waals surface area contributed by atoms with Gasteiger partial charge in [0.05, 0.1) is 14.2 Å². The van der Waals surface area contributed by atoms with Crippen molar-refractivity contribution in [3.63, 3.8) is 0 Å². The number of phenols is 2. The first kappa shape index (κ1) is 24.2. The van der Waals surface area contributed by atoms with Gasteiger partial charge in [-0.2, -0.15) is 15.0 Å². The van der Waals surface area contributed by atoms with Crippen molar-refractivity contribution in [2.45, 2.75) is 26.2 Å². The second-order valence-corrected chi connectivity index (χ2v) is 8.25. The van der Waals surface area contributed by atoms with Crippen molar-refractivity contribution in [1.29, 1.82) is 0 Å². The van der Waals surface area contributed by atoms with Crippen LogP contribution in [0, 0.1) is 0 Å². The summed E-state index contributed by atoms with van der Waals surface area (Å²) in [5.41, 5.74) is 0.488. The third-order valence-electron chi connectivity index (χ3n) is 4.62. The Labute approximate surface area is 195 Å². The highest BCUT2D eigenvalue weighted by Gasteiger charge is 2.21. The van der Waals surface area contributed by atoms with Crippen molar-refractivity contribution < 1.29 is 29.3 Å². The van der Waals surface area contributed by atoms with Gasteiger partial charge < -0.3 is 30.3 Å². The van der Waals surface area contributed by atoms with E-state index in [1.807, 2.05) is 20.8 Å². The molecule has 3 rings (SSSR count). The molecular formula is C23H25N5O6. The maximum Gasteiger partial charge on any atom is 0.341 e. The molecular weight excluding hydrogens is 442 g/mol.